The summed E-state index contributed by atoms with van der Waals surface area (Å²) in [6.07, 6.45) is 7.89. The first kappa shape index (κ1) is 33.6. The molecule has 0 radical (unpaired) electrons. The maximum absolute atomic E-state index is 2.28. The van der Waals surface area contributed by atoms with E-state index < -0.39 is 0 Å². The monoisotopic (exact) mass is 690 g/mol. The quantitative estimate of drug-likeness (QED) is 0.198. The Bertz CT molecular complexity index is 687. The van der Waals surface area contributed by atoms with Crippen molar-refractivity contribution in [1.82, 2.24) is 0 Å². The molecule has 3 aromatic rings. The first-order valence-electron chi connectivity index (χ1n) is 12.5. The van der Waals surface area contributed by atoms with Crippen LogP contribution >= 0.6 is 23.8 Å². The Balaban J connectivity index is 0.000000473. The van der Waals surface area contributed by atoms with Gasteiger partial charge in [0.25, 0.3) is 0 Å². The van der Waals surface area contributed by atoms with Crippen LogP contribution in [0.3, 0.4) is 0 Å². The Morgan fingerprint density at radius 3 is 0.676 bits per heavy atom. The molecule has 0 aromatic heterocycles. The van der Waals surface area contributed by atoms with Crippen LogP contribution in [-0.4, -0.2) is 37.0 Å². The Morgan fingerprint density at radius 1 is 0.353 bits per heavy atom. The maximum atomic E-state index is 2.28. The zero-order chi connectivity index (χ0) is 24.3. The summed E-state index contributed by atoms with van der Waals surface area (Å²) in [6.45, 7) is 13.7. The predicted molar refractivity (Wildman–Crippen MR) is 162 cm³/mol. The molecule has 0 atom stereocenters. The Morgan fingerprint density at radius 2 is 0.529 bits per heavy atom. The van der Waals surface area contributed by atoms with Gasteiger partial charge in [-0.2, -0.15) is 0 Å². The SMILES string of the molecule is CCP(CC)c1ccccc1.CCP(CC)c1ccccc1.CCP(CC)c1ccccc1.[Os]. The smallest absolute Gasteiger partial charge is 0 e. The van der Waals surface area contributed by atoms with Gasteiger partial charge in [0.05, 0.1) is 0 Å². The zero-order valence-corrected chi connectivity index (χ0v) is 27.3. The molecule has 0 heterocycles. The second-order valence-electron chi connectivity index (χ2n) is 7.52. The molecule has 0 saturated heterocycles. The summed E-state index contributed by atoms with van der Waals surface area (Å²) in [4.78, 5) is 0. The summed E-state index contributed by atoms with van der Waals surface area (Å²) >= 11 is 0. The molecule has 0 spiro atoms. The van der Waals surface area contributed by atoms with Crippen LogP contribution in [-0.2, 0) is 19.8 Å². The van der Waals surface area contributed by atoms with Gasteiger partial charge in [-0.1, -0.05) is 156 Å². The first-order chi connectivity index (χ1) is 16.1. The van der Waals surface area contributed by atoms with Crippen molar-refractivity contribution in [1.29, 1.82) is 0 Å². The molecule has 188 valence electrons. The van der Waals surface area contributed by atoms with Gasteiger partial charge >= 0.3 is 0 Å². The van der Waals surface area contributed by atoms with E-state index in [1.807, 2.05) is 0 Å². The molecule has 3 rings (SSSR count). The van der Waals surface area contributed by atoms with E-state index >= 15 is 0 Å². The van der Waals surface area contributed by atoms with E-state index in [2.05, 4.69) is 133 Å². The summed E-state index contributed by atoms with van der Waals surface area (Å²) in [5.41, 5.74) is 0. The molecule has 4 heteroatoms. The topological polar surface area (TPSA) is 0 Å². The van der Waals surface area contributed by atoms with Gasteiger partial charge in [-0.25, -0.2) is 0 Å². The Labute approximate surface area is 228 Å². The number of hydrogen-bond donors (Lipinski definition) is 0. The molecule has 0 unspecified atom stereocenters. The van der Waals surface area contributed by atoms with Crippen molar-refractivity contribution >= 4 is 39.7 Å². The summed E-state index contributed by atoms with van der Waals surface area (Å²) < 4.78 is 0. The summed E-state index contributed by atoms with van der Waals surface area (Å²) in [6, 6.07) is 32.6. The predicted octanol–water partition coefficient (Wildman–Crippen LogP) is 8.50. The van der Waals surface area contributed by atoms with Gasteiger partial charge in [-0.3, -0.25) is 0 Å². The fourth-order valence-electron chi connectivity index (χ4n) is 3.68. The molecule has 0 amide bonds. The van der Waals surface area contributed by atoms with Crippen molar-refractivity contribution in [3.63, 3.8) is 0 Å². The Hall–Kier alpha value is -0.414. The third kappa shape index (κ3) is 13.0. The largest absolute Gasteiger partial charge is 0.0759 e. The van der Waals surface area contributed by atoms with Crippen LogP contribution < -0.4 is 15.9 Å². The molecule has 0 aliphatic carbocycles. The van der Waals surface area contributed by atoms with Crippen molar-refractivity contribution in [3.8, 4) is 0 Å². The van der Waals surface area contributed by atoms with Crippen molar-refractivity contribution in [2.45, 2.75) is 41.5 Å². The van der Waals surface area contributed by atoms with E-state index in [-0.39, 0.29) is 43.6 Å². The van der Waals surface area contributed by atoms with Crippen LogP contribution in [0.15, 0.2) is 91.0 Å². The van der Waals surface area contributed by atoms with E-state index in [0.29, 0.717) is 0 Å². The molecule has 0 N–H and O–H groups in total. The maximum Gasteiger partial charge on any atom is 0 e. The average Bonchev–Trinajstić information content (AvgIpc) is 2.89. The van der Waals surface area contributed by atoms with E-state index in [4.69, 9.17) is 0 Å². The van der Waals surface area contributed by atoms with Crippen LogP contribution in [0.2, 0.25) is 0 Å². The molecule has 0 saturated carbocycles. The standard InChI is InChI=1S/3C10H15P.Os/c3*1-3-11(4-2)10-8-6-5-7-9-10;/h3*5-9H,3-4H2,1-2H3;. The minimum atomic E-state index is 0. The van der Waals surface area contributed by atoms with Crippen LogP contribution in [0.5, 0.6) is 0 Å². The van der Waals surface area contributed by atoms with Gasteiger partial charge in [0.1, 0.15) is 0 Å². The van der Waals surface area contributed by atoms with Gasteiger partial charge in [-0.05, 0) is 52.9 Å². The molecule has 0 nitrogen and oxygen atoms in total. The minimum Gasteiger partial charge on any atom is -0.0759 e. The van der Waals surface area contributed by atoms with Crippen LogP contribution in [0, 0.1) is 0 Å². The van der Waals surface area contributed by atoms with E-state index in [1.165, 1.54) is 37.0 Å². The second-order valence-corrected chi connectivity index (χ2v) is 16.1. The van der Waals surface area contributed by atoms with Crippen LogP contribution in [0.1, 0.15) is 41.5 Å². The van der Waals surface area contributed by atoms with Crippen molar-refractivity contribution < 1.29 is 19.8 Å². The fraction of sp³-hybridized carbons (Fsp3) is 0.400. The van der Waals surface area contributed by atoms with Crippen LogP contribution in [0.25, 0.3) is 0 Å². The summed E-state index contributed by atoms with van der Waals surface area (Å²) in [5, 5.41) is 4.65. The van der Waals surface area contributed by atoms with Crippen LogP contribution in [0.4, 0.5) is 0 Å². The third-order valence-electron chi connectivity index (χ3n) is 5.65. The second kappa shape index (κ2) is 21.8. The number of benzene rings is 3. The molecule has 0 fully saturated rings. The summed E-state index contributed by atoms with van der Waals surface area (Å²) in [7, 11) is 0.446. The Kier molecular flexibility index (Phi) is 21.6. The molecule has 0 aliphatic heterocycles. The minimum absolute atomic E-state index is 0. The van der Waals surface area contributed by atoms with Gasteiger partial charge in [0.2, 0.25) is 0 Å². The van der Waals surface area contributed by atoms with Gasteiger partial charge in [-0.15, -0.1) is 0 Å². The third-order valence-corrected chi connectivity index (χ3v) is 13.3. The fourth-order valence-corrected chi connectivity index (χ4v) is 9.00. The van der Waals surface area contributed by atoms with E-state index in [1.54, 1.807) is 15.9 Å². The number of hydrogen-bond acceptors (Lipinski definition) is 0. The molecule has 34 heavy (non-hydrogen) atoms. The first-order valence-corrected chi connectivity index (χ1v) is 17.7. The van der Waals surface area contributed by atoms with Gasteiger partial charge in [0.15, 0.2) is 0 Å². The average molecular weight is 689 g/mol. The van der Waals surface area contributed by atoms with Crippen molar-refractivity contribution in [2.24, 2.45) is 0 Å². The van der Waals surface area contributed by atoms with Gasteiger partial charge < -0.3 is 0 Å². The normalized spacial score (nSPS) is 10.1. The van der Waals surface area contributed by atoms with E-state index in [9.17, 15) is 0 Å². The van der Waals surface area contributed by atoms with Crippen molar-refractivity contribution in [2.75, 3.05) is 37.0 Å². The molecule has 0 bridgehead atoms. The molecular weight excluding hydrogens is 643 g/mol. The molecule has 0 aliphatic rings. The van der Waals surface area contributed by atoms with Gasteiger partial charge in [0, 0.05) is 19.8 Å². The molecular formula is C30H45OsP3. The summed E-state index contributed by atoms with van der Waals surface area (Å²) in [5.74, 6) is 0. The van der Waals surface area contributed by atoms with Crippen molar-refractivity contribution in [3.05, 3.63) is 91.0 Å². The molecule has 3 aromatic carbocycles. The zero-order valence-electron chi connectivity index (χ0n) is 22.1. The number of rotatable bonds is 9. The van der Waals surface area contributed by atoms with E-state index in [0.717, 1.165) is 0 Å².